The van der Waals surface area contributed by atoms with Gasteiger partial charge in [-0.1, -0.05) is 6.92 Å². The summed E-state index contributed by atoms with van der Waals surface area (Å²) in [5.41, 5.74) is 1.94. The molecule has 1 unspecified atom stereocenters. The highest BCUT2D eigenvalue weighted by Gasteiger charge is 2.12. The van der Waals surface area contributed by atoms with E-state index in [2.05, 4.69) is 20.7 Å². The van der Waals surface area contributed by atoms with Gasteiger partial charge in [0.1, 0.15) is 11.0 Å². The molecule has 0 bridgehead atoms. The maximum atomic E-state index is 12.0. The summed E-state index contributed by atoms with van der Waals surface area (Å²) in [5, 5.41) is 22.2. The van der Waals surface area contributed by atoms with E-state index < -0.39 is 0 Å². The van der Waals surface area contributed by atoms with Gasteiger partial charge in [0.05, 0.1) is 0 Å². The van der Waals surface area contributed by atoms with E-state index in [0.717, 1.165) is 11.9 Å². The van der Waals surface area contributed by atoms with Crippen molar-refractivity contribution in [3.8, 4) is 0 Å². The first-order chi connectivity index (χ1) is 8.74. The normalized spacial score (nSPS) is 12.6. The van der Waals surface area contributed by atoms with Crippen LogP contribution in [0.3, 0.4) is 0 Å². The Morgan fingerprint density at radius 2 is 2.22 bits per heavy atom. The zero-order valence-corrected chi connectivity index (χ0v) is 10.2. The summed E-state index contributed by atoms with van der Waals surface area (Å²) in [5.74, 6) is -0.153. The molecule has 0 saturated heterocycles. The van der Waals surface area contributed by atoms with Crippen molar-refractivity contribution in [2.75, 3.05) is 6.61 Å². The van der Waals surface area contributed by atoms with Crippen LogP contribution in [0.4, 0.5) is 0 Å². The van der Waals surface area contributed by atoms with Crippen LogP contribution in [0, 0.1) is 0 Å². The zero-order chi connectivity index (χ0) is 13.0. The molecule has 6 heteroatoms. The highest BCUT2D eigenvalue weighted by Crippen LogP contribution is 2.11. The van der Waals surface area contributed by atoms with Crippen molar-refractivity contribution in [3.05, 3.63) is 23.8 Å². The van der Waals surface area contributed by atoms with Crippen LogP contribution in [-0.2, 0) is 0 Å². The predicted molar refractivity (Wildman–Crippen MR) is 67.1 cm³/mol. The number of fused-ring (bicyclic) bond motifs is 1. The summed E-state index contributed by atoms with van der Waals surface area (Å²) in [6.45, 7) is 2.04. The molecule has 0 aliphatic heterocycles. The first-order valence-electron chi connectivity index (χ1n) is 5.97. The highest BCUT2D eigenvalue weighted by atomic mass is 16.3. The van der Waals surface area contributed by atoms with Crippen molar-refractivity contribution < 1.29 is 9.90 Å². The Kier molecular flexibility index (Phi) is 3.88. The Morgan fingerprint density at radius 1 is 1.44 bits per heavy atom. The van der Waals surface area contributed by atoms with Crippen molar-refractivity contribution in [1.82, 2.24) is 20.7 Å². The average Bonchev–Trinajstić information content (AvgIpc) is 2.85. The third-order valence-corrected chi connectivity index (χ3v) is 2.88. The van der Waals surface area contributed by atoms with E-state index in [9.17, 15) is 4.79 Å². The van der Waals surface area contributed by atoms with Gasteiger partial charge in [0.15, 0.2) is 0 Å². The molecule has 0 spiro atoms. The number of nitrogens with zero attached hydrogens (tertiary/aromatic N) is 2. The van der Waals surface area contributed by atoms with Crippen LogP contribution in [-0.4, -0.2) is 39.1 Å². The van der Waals surface area contributed by atoms with Gasteiger partial charge in [-0.2, -0.15) is 15.4 Å². The molecule has 6 nitrogen and oxygen atoms in total. The second-order valence-electron chi connectivity index (χ2n) is 4.12. The Hall–Kier alpha value is -1.95. The van der Waals surface area contributed by atoms with Gasteiger partial charge in [-0.15, -0.1) is 0 Å². The molecule has 1 aromatic carbocycles. The number of benzene rings is 1. The van der Waals surface area contributed by atoms with E-state index in [1.54, 1.807) is 18.2 Å². The number of aliphatic hydroxyl groups is 1. The van der Waals surface area contributed by atoms with Crippen LogP contribution in [0.5, 0.6) is 0 Å². The highest BCUT2D eigenvalue weighted by molar-refractivity contribution is 5.97. The number of amides is 1. The number of nitrogens with one attached hydrogen (secondary N) is 2. The Morgan fingerprint density at radius 3 is 2.94 bits per heavy atom. The second kappa shape index (κ2) is 5.59. The van der Waals surface area contributed by atoms with Crippen LogP contribution < -0.4 is 5.32 Å². The topological polar surface area (TPSA) is 90.9 Å². The van der Waals surface area contributed by atoms with Gasteiger partial charge in [0, 0.05) is 18.2 Å². The minimum absolute atomic E-state index is 0.00416. The van der Waals surface area contributed by atoms with Crippen molar-refractivity contribution >= 4 is 16.9 Å². The molecule has 96 valence electrons. The molecule has 0 aliphatic rings. The fourth-order valence-electron chi connectivity index (χ4n) is 1.78. The fourth-order valence-corrected chi connectivity index (χ4v) is 1.78. The summed E-state index contributed by atoms with van der Waals surface area (Å²) < 4.78 is 0. The second-order valence-corrected chi connectivity index (χ2v) is 4.12. The molecule has 1 atom stereocenters. The van der Waals surface area contributed by atoms with Crippen LogP contribution in [0.15, 0.2) is 18.2 Å². The lowest BCUT2D eigenvalue weighted by Gasteiger charge is -2.15. The summed E-state index contributed by atoms with van der Waals surface area (Å²) in [6, 6.07) is 5.15. The quantitative estimate of drug-likeness (QED) is 0.731. The van der Waals surface area contributed by atoms with Gasteiger partial charge in [0.25, 0.3) is 5.91 Å². The van der Waals surface area contributed by atoms with Crippen LogP contribution in [0.1, 0.15) is 30.1 Å². The van der Waals surface area contributed by atoms with E-state index in [-0.39, 0.29) is 18.6 Å². The number of carbonyl (C=O) groups is 1. The van der Waals surface area contributed by atoms with E-state index in [4.69, 9.17) is 5.11 Å². The number of aliphatic hydroxyl groups excluding tert-OH is 1. The minimum atomic E-state index is -0.153. The third-order valence-electron chi connectivity index (χ3n) is 2.88. The van der Waals surface area contributed by atoms with Crippen molar-refractivity contribution in [1.29, 1.82) is 0 Å². The number of aromatic amines is 1. The Labute approximate surface area is 104 Å². The molecule has 2 rings (SSSR count). The summed E-state index contributed by atoms with van der Waals surface area (Å²) >= 11 is 0. The van der Waals surface area contributed by atoms with Gasteiger partial charge in [-0.25, -0.2) is 0 Å². The third kappa shape index (κ3) is 2.65. The lowest BCUT2D eigenvalue weighted by Crippen LogP contribution is -2.35. The first-order valence-corrected chi connectivity index (χ1v) is 5.97. The SMILES string of the molecule is CCC(CCO)NC(=O)c1ccc2n[nH]nc2c1. The maximum Gasteiger partial charge on any atom is 0.251 e. The number of hydrogen-bond donors (Lipinski definition) is 3. The monoisotopic (exact) mass is 248 g/mol. The number of rotatable bonds is 5. The fraction of sp³-hybridized carbons (Fsp3) is 0.417. The van der Waals surface area contributed by atoms with Crippen LogP contribution in [0.2, 0.25) is 0 Å². The van der Waals surface area contributed by atoms with E-state index in [0.29, 0.717) is 17.5 Å². The molecule has 0 saturated carbocycles. The average molecular weight is 248 g/mol. The number of aromatic nitrogens is 3. The van der Waals surface area contributed by atoms with Crippen molar-refractivity contribution in [2.24, 2.45) is 0 Å². The van der Waals surface area contributed by atoms with E-state index in [1.807, 2.05) is 6.92 Å². The molecule has 1 amide bonds. The molecule has 0 fully saturated rings. The van der Waals surface area contributed by atoms with Crippen molar-refractivity contribution in [2.45, 2.75) is 25.8 Å². The standard InChI is InChI=1S/C12H16N4O2/c1-2-9(5-6-17)13-12(18)8-3-4-10-11(7-8)15-16-14-10/h3-4,7,9,17H,2,5-6H2,1H3,(H,13,18)(H,14,15,16). The summed E-state index contributed by atoms with van der Waals surface area (Å²) in [4.78, 5) is 12.0. The van der Waals surface area contributed by atoms with Gasteiger partial charge in [-0.3, -0.25) is 4.79 Å². The van der Waals surface area contributed by atoms with E-state index >= 15 is 0 Å². The van der Waals surface area contributed by atoms with Gasteiger partial charge >= 0.3 is 0 Å². The predicted octanol–water partition coefficient (Wildman–Crippen LogP) is 0.849. The molecular weight excluding hydrogens is 232 g/mol. The number of carbonyl (C=O) groups excluding carboxylic acids is 1. The Balaban J connectivity index is 2.12. The van der Waals surface area contributed by atoms with Crippen LogP contribution >= 0.6 is 0 Å². The molecule has 1 heterocycles. The lowest BCUT2D eigenvalue weighted by atomic mass is 10.1. The summed E-state index contributed by atoms with van der Waals surface area (Å²) in [7, 11) is 0. The molecular formula is C12H16N4O2. The van der Waals surface area contributed by atoms with Crippen molar-refractivity contribution in [3.63, 3.8) is 0 Å². The number of H-pyrrole nitrogens is 1. The van der Waals surface area contributed by atoms with Gasteiger partial charge < -0.3 is 10.4 Å². The largest absolute Gasteiger partial charge is 0.396 e. The maximum absolute atomic E-state index is 12.0. The first kappa shape index (κ1) is 12.5. The smallest absolute Gasteiger partial charge is 0.251 e. The van der Waals surface area contributed by atoms with E-state index in [1.165, 1.54) is 0 Å². The molecule has 0 aliphatic carbocycles. The Bertz CT molecular complexity index is 538. The molecule has 1 aromatic heterocycles. The zero-order valence-electron chi connectivity index (χ0n) is 10.2. The van der Waals surface area contributed by atoms with Gasteiger partial charge in [0.2, 0.25) is 0 Å². The van der Waals surface area contributed by atoms with Gasteiger partial charge in [-0.05, 0) is 31.0 Å². The summed E-state index contributed by atoms with van der Waals surface area (Å²) in [6.07, 6.45) is 1.35. The molecule has 0 radical (unpaired) electrons. The molecule has 18 heavy (non-hydrogen) atoms. The molecule has 2 aromatic rings. The lowest BCUT2D eigenvalue weighted by molar-refractivity contribution is 0.0929. The molecule has 3 N–H and O–H groups in total. The number of hydrogen-bond acceptors (Lipinski definition) is 4. The van der Waals surface area contributed by atoms with Crippen LogP contribution in [0.25, 0.3) is 11.0 Å². The minimum Gasteiger partial charge on any atom is -0.396 e.